The molecular weight excluding hydrogens is 270 g/mol. The van der Waals surface area contributed by atoms with Crippen LogP contribution in [-0.2, 0) is 0 Å². The maximum atomic E-state index is 12.6. The number of nitrogens with zero attached hydrogens (tertiary/aromatic N) is 1. The van der Waals surface area contributed by atoms with Crippen LogP contribution in [0, 0.1) is 0 Å². The van der Waals surface area contributed by atoms with Gasteiger partial charge >= 0.3 is 0 Å². The minimum Gasteiger partial charge on any atom is -0.396 e. The molecule has 3 nitrogen and oxygen atoms in total. The minimum absolute atomic E-state index is 0.0507. The van der Waals surface area contributed by atoms with Crippen LogP contribution in [0.15, 0.2) is 41.8 Å². The molecule has 1 heterocycles. The van der Waals surface area contributed by atoms with E-state index in [1.54, 1.807) is 4.90 Å². The lowest BCUT2D eigenvalue weighted by atomic mass is 10.1. The largest absolute Gasteiger partial charge is 0.396 e. The van der Waals surface area contributed by atoms with Crippen LogP contribution in [0.5, 0.6) is 0 Å². The molecular formula is C16H19NO2S. The van der Waals surface area contributed by atoms with E-state index < -0.39 is 0 Å². The molecule has 0 aliphatic heterocycles. The first-order chi connectivity index (χ1) is 9.77. The number of benzene rings is 1. The van der Waals surface area contributed by atoms with Gasteiger partial charge in [-0.2, -0.15) is 0 Å². The molecule has 0 atom stereocenters. The molecule has 1 aromatic carbocycles. The van der Waals surface area contributed by atoms with Crippen molar-refractivity contribution >= 4 is 17.2 Å². The average molecular weight is 289 g/mol. The smallest absolute Gasteiger partial charge is 0.264 e. The van der Waals surface area contributed by atoms with E-state index in [0.29, 0.717) is 19.5 Å². The maximum absolute atomic E-state index is 12.6. The summed E-state index contributed by atoms with van der Waals surface area (Å²) in [7, 11) is 0. The minimum atomic E-state index is 0.0507. The zero-order chi connectivity index (χ0) is 14.4. The van der Waals surface area contributed by atoms with Gasteiger partial charge in [0.15, 0.2) is 0 Å². The molecule has 1 N–H and O–H groups in total. The average Bonchev–Trinajstić information content (AvgIpc) is 2.98. The van der Waals surface area contributed by atoms with E-state index in [9.17, 15) is 4.79 Å². The van der Waals surface area contributed by atoms with Crippen molar-refractivity contribution in [3.8, 4) is 11.1 Å². The first-order valence-corrected chi connectivity index (χ1v) is 7.69. The predicted molar refractivity (Wildman–Crippen MR) is 83.0 cm³/mol. The van der Waals surface area contributed by atoms with Crippen LogP contribution < -0.4 is 0 Å². The second-order valence-electron chi connectivity index (χ2n) is 4.49. The Hall–Kier alpha value is -1.65. The summed E-state index contributed by atoms with van der Waals surface area (Å²) in [6.07, 6.45) is 0.617. The summed E-state index contributed by atoms with van der Waals surface area (Å²) in [5.41, 5.74) is 2.05. The topological polar surface area (TPSA) is 40.5 Å². The van der Waals surface area contributed by atoms with Crippen molar-refractivity contribution in [1.29, 1.82) is 0 Å². The Morgan fingerprint density at radius 3 is 2.65 bits per heavy atom. The molecule has 0 saturated heterocycles. The highest BCUT2D eigenvalue weighted by Crippen LogP contribution is 2.29. The molecule has 0 spiro atoms. The summed E-state index contributed by atoms with van der Waals surface area (Å²) in [6.45, 7) is 3.33. The standard InChI is InChI=1S/C16H19NO2S/c1-2-17(10-6-11-18)16(19)15-14(9-12-20-15)13-7-4-3-5-8-13/h3-5,7-9,12,18H,2,6,10-11H2,1H3. The van der Waals surface area contributed by atoms with Crippen molar-refractivity contribution in [1.82, 2.24) is 4.90 Å². The second kappa shape index (κ2) is 7.22. The highest BCUT2D eigenvalue weighted by atomic mass is 32.1. The number of aliphatic hydroxyl groups is 1. The Morgan fingerprint density at radius 1 is 1.25 bits per heavy atom. The zero-order valence-corrected chi connectivity index (χ0v) is 12.4. The molecule has 4 heteroatoms. The lowest BCUT2D eigenvalue weighted by Crippen LogP contribution is -2.31. The van der Waals surface area contributed by atoms with Gasteiger partial charge in [-0.25, -0.2) is 0 Å². The Kier molecular flexibility index (Phi) is 5.32. The van der Waals surface area contributed by atoms with Gasteiger partial charge in [0.1, 0.15) is 0 Å². The van der Waals surface area contributed by atoms with Gasteiger partial charge in [-0.15, -0.1) is 11.3 Å². The molecule has 2 rings (SSSR count). The summed E-state index contributed by atoms with van der Waals surface area (Å²) < 4.78 is 0. The van der Waals surface area contributed by atoms with Gasteiger partial charge in [-0.1, -0.05) is 30.3 Å². The van der Waals surface area contributed by atoms with Crippen molar-refractivity contribution in [2.45, 2.75) is 13.3 Å². The predicted octanol–water partition coefficient (Wildman–Crippen LogP) is 3.26. The molecule has 0 aliphatic carbocycles. The molecule has 0 bridgehead atoms. The van der Waals surface area contributed by atoms with E-state index in [1.165, 1.54) is 11.3 Å². The van der Waals surface area contributed by atoms with E-state index in [-0.39, 0.29) is 12.5 Å². The Bertz CT molecular complexity index is 551. The lowest BCUT2D eigenvalue weighted by Gasteiger charge is -2.20. The number of rotatable bonds is 6. The summed E-state index contributed by atoms with van der Waals surface area (Å²) in [5, 5.41) is 10.9. The van der Waals surface area contributed by atoms with Gasteiger partial charge in [-0.3, -0.25) is 4.79 Å². The number of carbonyl (C=O) groups is 1. The number of thiophene rings is 1. The fourth-order valence-electron chi connectivity index (χ4n) is 2.13. The zero-order valence-electron chi connectivity index (χ0n) is 11.6. The fourth-order valence-corrected chi connectivity index (χ4v) is 3.01. The molecule has 0 radical (unpaired) electrons. The van der Waals surface area contributed by atoms with Gasteiger partial charge in [0.05, 0.1) is 4.88 Å². The van der Waals surface area contributed by atoms with Gasteiger partial charge in [0, 0.05) is 25.3 Å². The Labute approximate surface area is 123 Å². The second-order valence-corrected chi connectivity index (χ2v) is 5.41. The van der Waals surface area contributed by atoms with E-state index in [2.05, 4.69) is 0 Å². The van der Waals surface area contributed by atoms with Crippen LogP contribution >= 0.6 is 11.3 Å². The van der Waals surface area contributed by atoms with Crippen LogP contribution in [0.1, 0.15) is 23.0 Å². The molecule has 0 fully saturated rings. The van der Waals surface area contributed by atoms with Gasteiger partial charge < -0.3 is 10.0 Å². The van der Waals surface area contributed by atoms with Gasteiger partial charge in [0.25, 0.3) is 5.91 Å². The van der Waals surface area contributed by atoms with Crippen molar-refractivity contribution in [2.75, 3.05) is 19.7 Å². The molecule has 0 aliphatic rings. The third-order valence-electron chi connectivity index (χ3n) is 3.20. The van der Waals surface area contributed by atoms with E-state index >= 15 is 0 Å². The summed E-state index contributed by atoms with van der Waals surface area (Å²) >= 11 is 1.48. The number of amides is 1. The van der Waals surface area contributed by atoms with E-state index in [0.717, 1.165) is 16.0 Å². The molecule has 106 valence electrons. The highest BCUT2D eigenvalue weighted by Gasteiger charge is 2.19. The summed E-state index contributed by atoms with van der Waals surface area (Å²) in [5.74, 6) is 0.0507. The van der Waals surface area contributed by atoms with E-state index in [1.807, 2.05) is 48.7 Å². The molecule has 2 aromatic rings. The summed E-state index contributed by atoms with van der Waals surface area (Å²) in [6, 6.07) is 11.9. The number of hydrogen-bond donors (Lipinski definition) is 1. The first kappa shape index (κ1) is 14.8. The van der Waals surface area contributed by atoms with Crippen LogP contribution in [0.2, 0.25) is 0 Å². The normalized spacial score (nSPS) is 10.5. The maximum Gasteiger partial charge on any atom is 0.264 e. The fraction of sp³-hybridized carbons (Fsp3) is 0.312. The molecule has 1 amide bonds. The Morgan fingerprint density at radius 2 is 2.00 bits per heavy atom. The molecule has 1 aromatic heterocycles. The Balaban J connectivity index is 2.25. The van der Waals surface area contributed by atoms with Crippen molar-refractivity contribution in [3.05, 3.63) is 46.7 Å². The number of carbonyl (C=O) groups excluding carboxylic acids is 1. The number of hydrogen-bond acceptors (Lipinski definition) is 3. The monoisotopic (exact) mass is 289 g/mol. The third-order valence-corrected chi connectivity index (χ3v) is 4.10. The molecule has 0 saturated carbocycles. The van der Waals surface area contributed by atoms with Crippen LogP contribution in [-0.4, -0.2) is 35.6 Å². The van der Waals surface area contributed by atoms with Gasteiger partial charge in [0.2, 0.25) is 0 Å². The van der Waals surface area contributed by atoms with Crippen LogP contribution in [0.4, 0.5) is 0 Å². The van der Waals surface area contributed by atoms with Crippen molar-refractivity contribution < 1.29 is 9.90 Å². The quantitative estimate of drug-likeness (QED) is 0.886. The number of aliphatic hydroxyl groups excluding tert-OH is 1. The van der Waals surface area contributed by atoms with Crippen molar-refractivity contribution in [2.24, 2.45) is 0 Å². The summed E-state index contributed by atoms with van der Waals surface area (Å²) in [4.78, 5) is 15.2. The first-order valence-electron chi connectivity index (χ1n) is 6.81. The highest BCUT2D eigenvalue weighted by molar-refractivity contribution is 7.12. The SMILES string of the molecule is CCN(CCCO)C(=O)c1sccc1-c1ccccc1. The van der Waals surface area contributed by atoms with Crippen molar-refractivity contribution in [3.63, 3.8) is 0 Å². The lowest BCUT2D eigenvalue weighted by molar-refractivity contribution is 0.0760. The van der Waals surface area contributed by atoms with E-state index in [4.69, 9.17) is 5.11 Å². The van der Waals surface area contributed by atoms with Gasteiger partial charge in [-0.05, 0) is 30.4 Å². The molecule has 20 heavy (non-hydrogen) atoms. The third kappa shape index (κ3) is 3.26. The molecule has 0 unspecified atom stereocenters. The van der Waals surface area contributed by atoms with Crippen LogP contribution in [0.3, 0.4) is 0 Å². The van der Waals surface area contributed by atoms with Crippen LogP contribution in [0.25, 0.3) is 11.1 Å².